The number of guanidine groups is 1. The van der Waals surface area contributed by atoms with Crippen molar-refractivity contribution in [1.29, 1.82) is 0 Å². The molecule has 8 heteroatoms. The van der Waals surface area contributed by atoms with Crippen molar-refractivity contribution < 1.29 is 18.3 Å². The Hall–Kier alpha value is -1.32. The summed E-state index contributed by atoms with van der Waals surface area (Å²) in [4.78, 5) is 4.11. The summed E-state index contributed by atoms with van der Waals surface area (Å²) in [5.41, 5.74) is 6.35. The molecule has 0 fully saturated rings. The molecule has 0 spiro atoms. The second kappa shape index (κ2) is 9.59. The van der Waals surface area contributed by atoms with Crippen LogP contribution in [0.15, 0.2) is 23.2 Å². The highest BCUT2D eigenvalue weighted by atomic mass is 127. The Morgan fingerprint density at radius 1 is 1.33 bits per heavy atom. The molecule has 1 aromatic carbocycles. The van der Waals surface area contributed by atoms with Gasteiger partial charge in [-0.1, -0.05) is 6.07 Å². The summed E-state index contributed by atoms with van der Waals surface area (Å²) in [6.45, 7) is 1.22. The number of hydrogen-bond acceptors (Lipinski definition) is 3. The van der Waals surface area contributed by atoms with Crippen LogP contribution >= 0.6 is 24.0 Å². The van der Waals surface area contributed by atoms with E-state index in [4.69, 9.17) is 10.5 Å². The van der Waals surface area contributed by atoms with Gasteiger partial charge in [-0.15, -0.1) is 24.0 Å². The summed E-state index contributed by atoms with van der Waals surface area (Å²) in [7, 11) is 1.38. The highest BCUT2D eigenvalue weighted by molar-refractivity contribution is 14.0. The van der Waals surface area contributed by atoms with Gasteiger partial charge in [0.15, 0.2) is 17.5 Å². The molecule has 0 saturated carbocycles. The van der Waals surface area contributed by atoms with Crippen LogP contribution in [0, 0.1) is 0 Å². The van der Waals surface area contributed by atoms with Gasteiger partial charge in [0, 0.05) is 6.04 Å². The van der Waals surface area contributed by atoms with Gasteiger partial charge in [0.25, 0.3) is 0 Å². The number of nitrogens with zero attached hydrogens (tertiary/aromatic N) is 1. The Labute approximate surface area is 139 Å². The van der Waals surface area contributed by atoms with E-state index in [0.29, 0.717) is 11.5 Å². The summed E-state index contributed by atoms with van der Waals surface area (Å²) >= 11 is 0. The van der Waals surface area contributed by atoms with Gasteiger partial charge in [0.1, 0.15) is 0 Å². The Kier molecular flexibility index (Phi) is 8.98. The van der Waals surface area contributed by atoms with Gasteiger partial charge in [-0.25, -0.2) is 4.99 Å². The third-order valence-electron chi connectivity index (χ3n) is 2.31. The predicted octanol–water partition coefficient (Wildman–Crippen LogP) is 2.73. The van der Waals surface area contributed by atoms with Gasteiger partial charge in [-0.2, -0.15) is 8.78 Å². The van der Waals surface area contributed by atoms with Gasteiger partial charge in [-0.3, -0.25) is 0 Å². The molecule has 0 radical (unpaired) electrons. The first-order valence-corrected chi connectivity index (χ1v) is 6.10. The zero-order valence-electron chi connectivity index (χ0n) is 12.1. The largest absolute Gasteiger partial charge is 0.493 e. The van der Waals surface area contributed by atoms with Crippen molar-refractivity contribution in [3.63, 3.8) is 0 Å². The third-order valence-corrected chi connectivity index (χ3v) is 2.31. The fourth-order valence-corrected chi connectivity index (χ4v) is 1.53. The van der Waals surface area contributed by atoms with Crippen LogP contribution in [0.5, 0.6) is 11.5 Å². The summed E-state index contributed by atoms with van der Waals surface area (Å²) in [6.07, 6.45) is 0. The van der Waals surface area contributed by atoms with Gasteiger partial charge < -0.3 is 20.5 Å². The standard InChI is InChI=1S/C13H19F2N3O2.HI/c1-8(2)18-13(16)17-7-9-4-5-10(19-3)11(6-9)20-12(14)15;/h4-6,8,12H,7H2,1-3H3,(H3,16,17,18);1H. The number of nitrogens with one attached hydrogen (secondary N) is 1. The lowest BCUT2D eigenvalue weighted by molar-refractivity contribution is -0.0512. The number of ether oxygens (including phenoxy) is 2. The van der Waals surface area contributed by atoms with Gasteiger partial charge in [0.2, 0.25) is 0 Å². The molecule has 0 aliphatic carbocycles. The maximum absolute atomic E-state index is 12.3. The number of hydrogen-bond donors (Lipinski definition) is 2. The van der Waals surface area contributed by atoms with Crippen LogP contribution < -0.4 is 20.5 Å². The molecule has 120 valence electrons. The van der Waals surface area contributed by atoms with E-state index >= 15 is 0 Å². The summed E-state index contributed by atoms with van der Waals surface area (Å²) in [5.74, 6) is 0.518. The number of halogens is 3. The summed E-state index contributed by atoms with van der Waals surface area (Å²) < 4.78 is 33.9. The molecule has 0 heterocycles. The monoisotopic (exact) mass is 415 g/mol. The summed E-state index contributed by atoms with van der Waals surface area (Å²) in [5, 5.41) is 2.93. The molecule has 0 unspecified atom stereocenters. The van der Waals surface area contributed by atoms with E-state index in [2.05, 4.69) is 15.0 Å². The van der Waals surface area contributed by atoms with E-state index in [0.717, 1.165) is 0 Å². The molecule has 0 aliphatic rings. The van der Waals surface area contributed by atoms with E-state index in [9.17, 15) is 8.78 Å². The molecule has 0 aromatic heterocycles. The Morgan fingerprint density at radius 2 is 2.00 bits per heavy atom. The lowest BCUT2D eigenvalue weighted by Gasteiger charge is -2.11. The molecule has 1 rings (SSSR count). The van der Waals surface area contributed by atoms with Gasteiger partial charge >= 0.3 is 6.61 Å². The van der Waals surface area contributed by atoms with Crippen LogP contribution in [-0.4, -0.2) is 25.7 Å². The number of rotatable bonds is 6. The first-order valence-electron chi connectivity index (χ1n) is 6.10. The topological polar surface area (TPSA) is 68.9 Å². The van der Waals surface area contributed by atoms with Crippen molar-refractivity contribution in [1.82, 2.24) is 5.32 Å². The molecule has 0 aliphatic heterocycles. The summed E-state index contributed by atoms with van der Waals surface area (Å²) in [6, 6.07) is 4.89. The SMILES string of the molecule is COc1ccc(CN=C(N)NC(C)C)cc1OC(F)F.I. The third kappa shape index (κ3) is 7.30. The molecule has 0 bridgehead atoms. The zero-order valence-corrected chi connectivity index (χ0v) is 14.4. The molecule has 0 atom stereocenters. The molecule has 1 aromatic rings. The molecule has 21 heavy (non-hydrogen) atoms. The number of nitrogens with two attached hydrogens (primary N) is 1. The van der Waals surface area contributed by atoms with E-state index in [1.165, 1.54) is 13.2 Å². The van der Waals surface area contributed by atoms with E-state index < -0.39 is 6.61 Å². The maximum atomic E-state index is 12.3. The molecule has 3 N–H and O–H groups in total. The van der Waals surface area contributed by atoms with Crippen molar-refractivity contribution in [3.05, 3.63) is 23.8 Å². The molecule has 5 nitrogen and oxygen atoms in total. The number of aliphatic imine (C=N–C) groups is 1. The number of methoxy groups -OCH3 is 1. The average Bonchev–Trinajstić information content (AvgIpc) is 2.35. The van der Waals surface area contributed by atoms with Gasteiger partial charge in [-0.05, 0) is 31.5 Å². The fraction of sp³-hybridized carbons (Fsp3) is 0.462. The Bertz CT molecular complexity index is 471. The van der Waals surface area contributed by atoms with Crippen molar-refractivity contribution in [2.45, 2.75) is 33.0 Å². The second-order valence-corrected chi connectivity index (χ2v) is 4.36. The number of benzene rings is 1. The quantitative estimate of drug-likeness (QED) is 0.426. The lowest BCUT2D eigenvalue weighted by atomic mass is 10.2. The van der Waals surface area contributed by atoms with Crippen molar-refractivity contribution >= 4 is 29.9 Å². The first kappa shape index (κ1) is 19.7. The van der Waals surface area contributed by atoms with Crippen LogP contribution in [0.25, 0.3) is 0 Å². The molecule has 0 amide bonds. The smallest absolute Gasteiger partial charge is 0.387 e. The Balaban J connectivity index is 0.00000400. The number of alkyl halides is 2. The molecular formula is C13H20F2IN3O2. The minimum absolute atomic E-state index is 0. The average molecular weight is 415 g/mol. The van der Waals surface area contributed by atoms with Crippen LogP contribution in [0.4, 0.5) is 8.78 Å². The fourth-order valence-electron chi connectivity index (χ4n) is 1.53. The minimum atomic E-state index is -2.91. The van der Waals surface area contributed by atoms with Crippen molar-refractivity contribution in [2.24, 2.45) is 10.7 Å². The normalized spacial score (nSPS) is 11.3. The minimum Gasteiger partial charge on any atom is -0.493 e. The highest BCUT2D eigenvalue weighted by Crippen LogP contribution is 2.29. The molecule has 0 saturated heterocycles. The van der Waals surface area contributed by atoms with Crippen molar-refractivity contribution in [2.75, 3.05) is 7.11 Å². The van der Waals surface area contributed by atoms with Crippen LogP contribution in [0.3, 0.4) is 0 Å². The van der Waals surface area contributed by atoms with E-state index in [-0.39, 0.29) is 48.1 Å². The lowest BCUT2D eigenvalue weighted by Crippen LogP contribution is -2.36. The van der Waals surface area contributed by atoms with Crippen LogP contribution in [0.2, 0.25) is 0 Å². The van der Waals surface area contributed by atoms with Gasteiger partial charge in [0.05, 0.1) is 13.7 Å². The van der Waals surface area contributed by atoms with E-state index in [1.54, 1.807) is 12.1 Å². The second-order valence-electron chi connectivity index (χ2n) is 4.36. The Morgan fingerprint density at radius 3 is 2.52 bits per heavy atom. The molecular weight excluding hydrogens is 395 g/mol. The van der Waals surface area contributed by atoms with Crippen molar-refractivity contribution in [3.8, 4) is 11.5 Å². The highest BCUT2D eigenvalue weighted by Gasteiger charge is 2.11. The van der Waals surface area contributed by atoms with Crippen LogP contribution in [-0.2, 0) is 6.54 Å². The van der Waals surface area contributed by atoms with Crippen LogP contribution in [0.1, 0.15) is 19.4 Å². The zero-order chi connectivity index (χ0) is 15.1. The first-order chi connectivity index (χ1) is 9.42. The maximum Gasteiger partial charge on any atom is 0.387 e. The predicted molar refractivity (Wildman–Crippen MR) is 88.6 cm³/mol. The van der Waals surface area contributed by atoms with E-state index in [1.807, 2.05) is 13.8 Å².